The Balaban J connectivity index is 3.24. The summed E-state index contributed by atoms with van der Waals surface area (Å²) in [5.41, 5.74) is 0.0144. The number of sulfone groups is 1. The van der Waals surface area contributed by atoms with Gasteiger partial charge in [0.2, 0.25) is 0 Å². The molecule has 1 rings (SSSR count). The van der Waals surface area contributed by atoms with Crippen molar-refractivity contribution >= 4 is 31.5 Å². The number of hydrogen-bond donors (Lipinski definition) is 0. The number of nitro benzene ring substituents is 1. The van der Waals surface area contributed by atoms with Crippen molar-refractivity contribution in [2.24, 2.45) is 0 Å². The molecule has 0 amide bonds. The molecular weight excluding hydrogens is 286 g/mol. The lowest BCUT2D eigenvalue weighted by Crippen LogP contribution is -2.03. The molecular formula is C8H8BrNO4S. The van der Waals surface area contributed by atoms with E-state index < -0.39 is 14.8 Å². The second-order valence-corrected chi connectivity index (χ2v) is 6.16. The minimum atomic E-state index is -3.27. The van der Waals surface area contributed by atoms with Gasteiger partial charge in [0, 0.05) is 22.4 Å². The van der Waals surface area contributed by atoms with E-state index in [1.807, 2.05) is 0 Å². The topological polar surface area (TPSA) is 77.3 Å². The van der Waals surface area contributed by atoms with Crippen LogP contribution in [0.25, 0.3) is 0 Å². The summed E-state index contributed by atoms with van der Waals surface area (Å²) >= 11 is 3.09. The van der Waals surface area contributed by atoms with Gasteiger partial charge >= 0.3 is 0 Å². The summed E-state index contributed by atoms with van der Waals surface area (Å²) in [6.07, 6.45) is 1.04. The summed E-state index contributed by atoms with van der Waals surface area (Å²) in [4.78, 5) is 10.1. The van der Waals surface area contributed by atoms with Crippen LogP contribution in [0.2, 0.25) is 0 Å². The van der Waals surface area contributed by atoms with Crippen molar-refractivity contribution in [1.82, 2.24) is 0 Å². The van der Waals surface area contributed by atoms with Gasteiger partial charge < -0.3 is 0 Å². The summed E-state index contributed by atoms with van der Waals surface area (Å²) in [5, 5.41) is 10.6. The van der Waals surface area contributed by atoms with E-state index in [4.69, 9.17) is 0 Å². The van der Waals surface area contributed by atoms with Crippen molar-refractivity contribution in [3.63, 3.8) is 0 Å². The molecule has 1 aromatic carbocycles. The van der Waals surface area contributed by atoms with Crippen LogP contribution in [0.5, 0.6) is 0 Å². The molecule has 1 aromatic rings. The highest BCUT2D eigenvalue weighted by Crippen LogP contribution is 2.24. The third kappa shape index (κ3) is 3.60. The van der Waals surface area contributed by atoms with Crippen LogP contribution in [0.1, 0.15) is 5.56 Å². The van der Waals surface area contributed by atoms with E-state index in [1.165, 1.54) is 12.1 Å². The zero-order valence-electron chi connectivity index (χ0n) is 7.81. The molecule has 0 spiro atoms. The molecule has 0 fully saturated rings. The SMILES string of the molecule is CS(=O)(=O)Cc1ccc(Br)cc1[N+](=O)[O-]. The third-order valence-electron chi connectivity index (χ3n) is 1.66. The van der Waals surface area contributed by atoms with Gasteiger partial charge in [0.05, 0.1) is 10.7 Å². The standard InChI is InChI=1S/C8H8BrNO4S/c1-15(13,14)5-6-2-3-7(9)4-8(6)10(11)12/h2-4H,5H2,1H3. The molecule has 82 valence electrons. The van der Waals surface area contributed by atoms with Gasteiger partial charge in [-0.1, -0.05) is 22.0 Å². The van der Waals surface area contributed by atoms with Gasteiger partial charge in [-0.25, -0.2) is 8.42 Å². The second-order valence-electron chi connectivity index (χ2n) is 3.10. The molecule has 0 aliphatic heterocycles. The average molecular weight is 294 g/mol. The lowest BCUT2D eigenvalue weighted by Gasteiger charge is -2.01. The highest BCUT2D eigenvalue weighted by molar-refractivity contribution is 9.10. The van der Waals surface area contributed by atoms with Crippen LogP contribution in [0.3, 0.4) is 0 Å². The quantitative estimate of drug-likeness (QED) is 0.630. The smallest absolute Gasteiger partial charge is 0.258 e. The van der Waals surface area contributed by atoms with Crippen molar-refractivity contribution in [2.45, 2.75) is 5.75 Å². The Bertz CT molecular complexity index is 497. The molecule has 0 N–H and O–H groups in total. The lowest BCUT2D eigenvalue weighted by molar-refractivity contribution is -0.385. The molecule has 0 saturated carbocycles. The van der Waals surface area contributed by atoms with E-state index in [0.29, 0.717) is 4.47 Å². The summed E-state index contributed by atoms with van der Waals surface area (Å²) < 4.78 is 22.6. The van der Waals surface area contributed by atoms with E-state index >= 15 is 0 Å². The van der Waals surface area contributed by atoms with E-state index in [2.05, 4.69) is 15.9 Å². The molecule has 0 aliphatic rings. The number of rotatable bonds is 3. The Labute approximate surface area is 95.3 Å². The number of hydrogen-bond acceptors (Lipinski definition) is 4. The second kappa shape index (κ2) is 4.28. The van der Waals surface area contributed by atoms with E-state index in [9.17, 15) is 18.5 Å². The summed E-state index contributed by atoms with van der Waals surface area (Å²) in [6, 6.07) is 4.30. The zero-order chi connectivity index (χ0) is 11.6. The molecule has 0 unspecified atom stereocenters. The van der Waals surface area contributed by atoms with Crippen LogP contribution < -0.4 is 0 Å². The van der Waals surface area contributed by atoms with Crippen LogP contribution in [-0.2, 0) is 15.6 Å². The Kier molecular flexibility index (Phi) is 3.46. The highest BCUT2D eigenvalue weighted by atomic mass is 79.9. The van der Waals surface area contributed by atoms with E-state index in [-0.39, 0.29) is 17.0 Å². The first-order valence-corrected chi connectivity index (χ1v) is 6.75. The van der Waals surface area contributed by atoms with Crippen molar-refractivity contribution in [2.75, 3.05) is 6.26 Å². The number of halogens is 1. The number of benzene rings is 1. The normalized spacial score (nSPS) is 11.3. The summed E-state index contributed by atoms with van der Waals surface area (Å²) in [5.74, 6) is -0.323. The fraction of sp³-hybridized carbons (Fsp3) is 0.250. The Morgan fingerprint density at radius 1 is 1.47 bits per heavy atom. The molecule has 15 heavy (non-hydrogen) atoms. The van der Waals surface area contributed by atoms with Gasteiger partial charge in [-0.15, -0.1) is 0 Å². The maximum absolute atomic E-state index is 11.0. The van der Waals surface area contributed by atoms with Crippen LogP contribution in [0, 0.1) is 10.1 Å². The molecule has 5 nitrogen and oxygen atoms in total. The maximum atomic E-state index is 11.0. The van der Waals surface area contributed by atoms with E-state index in [0.717, 1.165) is 6.26 Å². The van der Waals surface area contributed by atoms with Crippen molar-refractivity contribution in [1.29, 1.82) is 0 Å². The Morgan fingerprint density at radius 2 is 2.07 bits per heavy atom. The molecule has 0 radical (unpaired) electrons. The third-order valence-corrected chi connectivity index (χ3v) is 2.99. The van der Waals surface area contributed by atoms with Gasteiger partial charge in [0.15, 0.2) is 9.84 Å². The van der Waals surface area contributed by atoms with Gasteiger partial charge in [-0.2, -0.15) is 0 Å². The fourth-order valence-corrected chi connectivity index (χ4v) is 2.27. The minimum absolute atomic E-state index is 0.185. The largest absolute Gasteiger partial charge is 0.274 e. The molecule has 0 heterocycles. The van der Waals surface area contributed by atoms with Crippen molar-refractivity contribution < 1.29 is 13.3 Å². The van der Waals surface area contributed by atoms with Crippen LogP contribution in [0.4, 0.5) is 5.69 Å². The Morgan fingerprint density at radius 3 is 2.53 bits per heavy atom. The first-order chi connectivity index (χ1) is 6.79. The Hall–Kier alpha value is -0.950. The van der Waals surface area contributed by atoms with Gasteiger partial charge in [0.25, 0.3) is 5.69 Å². The molecule has 0 aliphatic carbocycles. The molecule has 0 saturated heterocycles. The van der Waals surface area contributed by atoms with Gasteiger partial charge in [-0.05, 0) is 6.07 Å². The van der Waals surface area contributed by atoms with Crippen molar-refractivity contribution in [3.8, 4) is 0 Å². The first-order valence-electron chi connectivity index (χ1n) is 3.90. The number of nitrogens with zero attached hydrogens (tertiary/aromatic N) is 1. The van der Waals surface area contributed by atoms with Gasteiger partial charge in [0.1, 0.15) is 0 Å². The number of nitro groups is 1. The molecule has 7 heteroatoms. The zero-order valence-corrected chi connectivity index (χ0v) is 10.2. The minimum Gasteiger partial charge on any atom is -0.258 e. The summed E-state index contributed by atoms with van der Waals surface area (Å²) in [7, 11) is -3.27. The van der Waals surface area contributed by atoms with Crippen LogP contribution in [0.15, 0.2) is 22.7 Å². The summed E-state index contributed by atoms with van der Waals surface area (Å²) in [6.45, 7) is 0. The predicted octanol–water partition coefficient (Wildman–Crippen LogP) is 1.90. The fourth-order valence-electron chi connectivity index (χ4n) is 1.11. The van der Waals surface area contributed by atoms with E-state index in [1.54, 1.807) is 6.07 Å². The predicted molar refractivity (Wildman–Crippen MR) is 59.3 cm³/mol. The van der Waals surface area contributed by atoms with Crippen LogP contribution in [-0.4, -0.2) is 19.6 Å². The van der Waals surface area contributed by atoms with Crippen molar-refractivity contribution in [3.05, 3.63) is 38.3 Å². The van der Waals surface area contributed by atoms with Crippen LogP contribution >= 0.6 is 15.9 Å². The first kappa shape index (κ1) is 12.1. The lowest BCUT2D eigenvalue weighted by atomic mass is 10.2. The highest BCUT2D eigenvalue weighted by Gasteiger charge is 2.17. The molecule has 0 atom stereocenters. The molecule has 0 bridgehead atoms. The molecule has 0 aromatic heterocycles. The van der Waals surface area contributed by atoms with Gasteiger partial charge in [-0.3, -0.25) is 10.1 Å². The average Bonchev–Trinajstić information content (AvgIpc) is 2.05. The maximum Gasteiger partial charge on any atom is 0.274 e. The monoisotopic (exact) mass is 293 g/mol.